The molecule has 0 nitrogen and oxygen atoms in total. The molecule has 0 atom stereocenters. The molecular weight excluding hydrogens is 234 g/mol. The fourth-order valence-corrected chi connectivity index (χ4v) is 1.34. The van der Waals surface area contributed by atoms with Gasteiger partial charge in [-0.3, -0.25) is 0 Å². The third kappa shape index (κ3) is 4.19. The first-order valence-electron chi connectivity index (χ1n) is 4.31. The third-order valence-corrected chi connectivity index (χ3v) is 2.02. The molecular formula is C9H10BF4K. The number of halogens is 4. The molecule has 0 heterocycles. The fourth-order valence-electron chi connectivity index (χ4n) is 1.34. The Kier molecular flexibility index (Phi) is 6.07. The maximum absolute atomic E-state index is 12.7. The summed E-state index contributed by atoms with van der Waals surface area (Å²) in [6, 6.07) is 2.61. The van der Waals surface area contributed by atoms with Crippen molar-refractivity contribution in [2.24, 2.45) is 0 Å². The van der Waals surface area contributed by atoms with Gasteiger partial charge in [0.05, 0.1) is 0 Å². The summed E-state index contributed by atoms with van der Waals surface area (Å²) in [6.07, 6.45) is 0. The Morgan fingerprint density at radius 1 is 1.13 bits per heavy atom. The van der Waals surface area contributed by atoms with E-state index in [0.717, 1.165) is 18.2 Å². The van der Waals surface area contributed by atoms with Crippen LogP contribution >= 0.6 is 0 Å². The largest absolute Gasteiger partial charge is 1.00 e. The Bertz CT molecular complexity index is 335. The second-order valence-corrected chi connectivity index (χ2v) is 3.50. The molecule has 6 heteroatoms. The normalized spacial score (nSPS) is 11.4. The van der Waals surface area contributed by atoms with Crippen molar-refractivity contribution in [3.63, 3.8) is 0 Å². The van der Waals surface area contributed by atoms with Crippen LogP contribution in [-0.4, -0.2) is 6.98 Å². The molecule has 1 rings (SSSR count). The van der Waals surface area contributed by atoms with E-state index in [9.17, 15) is 17.3 Å². The smallest absolute Gasteiger partial charge is 0.445 e. The summed E-state index contributed by atoms with van der Waals surface area (Å²) in [6.45, 7) is -1.83. The van der Waals surface area contributed by atoms with Crippen LogP contribution in [-0.2, 0) is 0 Å². The molecule has 0 saturated carbocycles. The van der Waals surface area contributed by atoms with Crippen molar-refractivity contribution in [2.45, 2.75) is 19.8 Å². The topological polar surface area (TPSA) is 0 Å². The van der Waals surface area contributed by atoms with Crippen molar-refractivity contribution >= 4 is 12.4 Å². The molecule has 1 aromatic carbocycles. The van der Waals surface area contributed by atoms with Gasteiger partial charge in [0.15, 0.2) is 0 Å². The number of benzene rings is 1. The monoisotopic (exact) mass is 244 g/mol. The summed E-state index contributed by atoms with van der Waals surface area (Å²) in [7, 11) is 0. The van der Waals surface area contributed by atoms with Crippen molar-refractivity contribution in [1.29, 1.82) is 0 Å². The Balaban J connectivity index is 0.00000196. The molecule has 0 aliphatic carbocycles. The van der Waals surface area contributed by atoms with Crippen molar-refractivity contribution < 1.29 is 68.7 Å². The van der Waals surface area contributed by atoms with E-state index < -0.39 is 18.3 Å². The summed E-state index contributed by atoms with van der Waals surface area (Å²) >= 11 is 0. The van der Waals surface area contributed by atoms with Gasteiger partial charge in [0.1, 0.15) is 5.82 Å². The molecule has 0 aliphatic rings. The molecule has 0 radical (unpaired) electrons. The molecule has 0 aliphatic heterocycles. The van der Waals surface area contributed by atoms with Gasteiger partial charge in [0.25, 0.3) is 0 Å². The first-order valence-corrected chi connectivity index (χ1v) is 4.31. The molecule has 0 amide bonds. The SMILES string of the molecule is CC(C)c1cc(F)ccc1[B-](F)(F)F.[K+]. The summed E-state index contributed by atoms with van der Waals surface area (Å²) in [5.41, 5.74) is -0.668. The van der Waals surface area contributed by atoms with Crippen LogP contribution < -0.4 is 56.8 Å². The van der Waals surface area contributed by atoms with Crippen molar-refractivity contribution in [3.05, 3.63) is 29.6 Å². The maximum atomic E-state index is 12.7. The van der Waals surface area contributed by atoms with Gasteiger partial charge in [-0.15, -0.1) is 5.46 Å². The Labute approximate surface area is 129 Å². The van der Waals surface area contributed by atoms with Crippen LogP contribution in [0.25, 0.3) is 0 Å². The summed E-state index contributed by atoms with van der Waals surface area (Å²) < 4.78 is 50.2. The fraction of sp³-hybridized carbons (Fsp3) is 0.333. The van der Waals surface area contributed by atoms with E-state index in [1.165, 1.54) is 0 Å². The molecule has 78 valence electrons. The first kappa shape index (κ1) is 15.6. The zero-order valence-corrected chi connectivity index (χ0v) is 12.0. The third-order valence-electron chi connectivity index (χ3n) is 2.02. The number of hydrogen-bond acceptors (Lipinski definition) is 0. The van der Waals surface area contributed by atoms with E-state index >= 15 is 0 Å². The zero-order valence-electron chi connectivity index (χ0n) is 8.90. The van der Waals surface area contributed by atoms with E-state index in [1.54, 1.807) is 13.8 Å². The van der Waals surface area contributed by atoms with E-state index in [-0.39, 0.29) is 62.9 Å². The Morgan fingerprint density at radius 2 is 1.67 bits per heavy atom. The maximum Gasteiger partial charge on any atom is 1.00 e. The Hall–Kier alpha value is 0.641. The predicted octanol–water partition coefficient (Wildman–Crippen LogP) is 0.00750. The van der Waals surface area contributed by atoms with Crippen LogP contribution in [0.3, 0.4) is 0 Å². The van der Waals surface area contributed by atoms with Gasteiger partial charge in [0.2, 0.25) is 0 Å². The molecule has 0 spiro atoms. The molecule has 0 N–H and O–H groups in total. The Morgan fingerprint density at radius 3 is 2.07 bits per heavy atom. The first-order chi connectivity index (χ1) is 6.32. The van der Waals surface area contributed by atoms with Crippen molar-refractivity contribution in [1.82, 2.24) is 0 Å². The minimum atomic E-state index is -5.05. The molecule has 0 unspecified atom stereocenters. The van der Waals surface area contributed by atoms with Crippen molar-refractivity contribution in [3.8, 4) is 0 Å². The van der Waals surface area contributed by atoms with Gasteiger partial charge in [-0.2, -0.15) is 0 Å². The molecule has 1 aromatic rings. The van der Waals surface area contributed by atoms with Gasteiger partial charge < -0.3 is 12.9 Å². The average Bonchev–Trinajstić information content (AvgIpc) is 2.01. The second-order valence-electron chi connectivity index (χ2n) is 3.50. The van der Waals surface area contributed by atoms with Gasteiger partial charge in [-0.1, -0.05) is 25.5 Å². The molecule has 0 bridgehead atoms. The average molecular weight is 244 g/mol. The molecule has 0 saturated heterocycles. The van der Waals surface area contributed by atoms with E-state index in [1.807, 2.05) is 0 Å². The standard InChI is InChI=1S/C9H10BF4.K/c1-6(2)8-5-7(11)3-4-9(8)10(12,13)14;/h3-6H,1-2H3;/q-1;+1. The number of rotatable bonds is 2. The summed E-state index contributed by atoms with van der Waals surface area (Å²) in [4.78, 5) is 0. The van der Waals surface area contributed by atoms with E-state index in [2.05, 4.69) is 0 Å². The van der Waals surface area contributed by atoms with Crippen LogP contribution in [0.4, 0.5) is 17.3 Å². The summed E-state index contributed by atoms with van der Waals surface area (Å²) in [5, 5.41) is 0. The van der Waals surface area contributed by atoms with Gasteiger partial charge in [-0.05, 0) is 18.1 Å². The van der Waals surface area contributed by atoms with E-state index in [0.29, 0.717) is 0 Å². The quantitative estimate of drug-likeness (QED) is 0.507. The second kappa shape index (κ2) is 5.82. The van der Waals surface area contributed by atoms with Crippen LogP contribution in [0.15, 0.2) is 18.2 Å². The predicted molar refractivity (Wildman–Crippen MR) is 49.2 cm³/mol. The van der Waals surface area contributed by atoms with Crippen LogP contribution in [0.1, 0.15) is 25.3 Å². The van der Waals surface area contributed by atoms with Crippen molar-refractivity contribution in [2.75, 3.05) is 0 Å². The van der Waals surface area contributed by atoms with Gasteiger partial charge >= 0.3 is 58.4 Å². The molecule has 0 aromatic heterocycles. The molecule has 15 heavy (non-hydrogen) atoms. The van der Waals surface area contributed by atoms with E-state index in [4.69, 9.17) is 0 Å². The minimum Gasteiger partial charge on any atom is -0.445 e. The van der Waals surface area contributed by atoms with Crippen LogP contribution in [0.2, 0.25) is 0 Å². The van der Waals surface area contributed by atoms with Crippen LogP contribution in [0.5, 0.6) is 0 Å². The van der Waals surface area contributed by atoms with Gasteiger partial charge in [-0.25, -0.2) is 4.39 Å². The van der Waals surface area contributed by atoms with Gasteiger partial charge in [0, 0.05) is 0 Å². The summed E-state index contributed by atoms with van der Waals surface area (Å²) in [5.74, 6) is -0.957. The molecule has 0 fully saturated rings. The zero-order chi connectivity index (χ0) is 10.9. The minimum absolute atomic E-state index is 0. The number of hydrogen-bond donors (Lipinski definition) is 0. The van der Waals surface area contributed by atoms with Crippen LogP contribution in [0, 0.1) is 5.82 Å².